The summed E-state index contributed by atoms with van der Waals surface area (Å²) in [6.45, 7) is 2.27. The van der Waals surface area contributed by atoms with Gasteiger partial charge in [-0.25, -0.2) is 0 Å². The fourth-order valence-electron chi connectivity index (χ4n) is 5.63. The Labute approximate surface area is 189 Å². The number of aromatic nitrogens is 2. The van der Waals surface area contributed by atoms with Crippen LogP contribution in [-0.4, -0.2) is 63.0 Å². The summed E-state index contributed by atoms with van der Waals surface area (Å²) < 4.78 is 1.81. The van der Waals surface area contributed by atoms with Crippen molar-refractivity contribution in [2.45, 2.75) is 76.8 Å². The van der Waals surface area contributed by atoms with Crippen LogP contribution in [0.4, 0.5) is 0 Å². The minimum atomic E-state index is -0.141. The van der Waals surface area contributed by atoms with Crippen molar-refractivity contribution in [2.75, 3.05) is 19.6 Å². The van der Waals surface area contributed by atoms with Gasteiger partial charge in [-0.15, -0.1) is 0 Å². The monoisotopic (exact) mass is 441 g/mol. The molecule has 1 atom stereocenters. The first-order chi connectivity index (χ1) is 15.5. The number of aryl methyl sites for hydroxylation is 1. The number of nitrogens with one attached hydrogen (secondary N) is 1. The molecule has 0 radical (unpaired) electrons. The van der Waals surface area contributed by atoms with Gasteiger partial charge in [0.1, 0.15) is 0 Å². The molecule has 0 bridgehead atoms. The van der Waals surface area contributed by atoms with Gasteiger partial charge >= 0.3 is 0 Å². The molecule has 0 aromatic carbocycles. The van der Waals surface area contributed by atoms with Gasteiger partial charge in [-0.1, -0.05) is 19.3 Å². The maximum absolute atomic E-state index is 13.5. The second kappa shape index (κ2) is 8.87. The van der Waals surface area contributed by atoms with Gasteiger partial charge in [0.2, 0.25) is 11.8 Å². The van der Waals surface area contributed by atoms with Crippen LogP contribution in [0.15, 0.2) is 0 Å². The maximum Gasteiger partial charge on any atom is 0.274 e. The van der Waals surface area contributed by atoms with Crippen molar-refractivity contribution in [1.82, 2.24) is 24.9 Å². The molecule has 1 aromatic heterocycles. The number of fused-ring (bicyclic) bond motifs is 1. The first-order valence-corrected chi connectivity index (χ1v) is 12.4. The minimum absolute atomic E-state index is 0.0808. The standard InChI is InChI=1S/C24H35N5O3/c1-27-20-11-13-29(23(31)16-6-3-2-4-7-16)15-19(20)21(26-27)24(32)28-12-5-8-17(14-28)22(30)25-18-9-10-18/h16-18H,2-15H2,1H3,(H,25,30). The van der Waals surface area contributed by atoms with Crippen molar-refractivity contribution in [1.29, 1.82) is 0 Å². The van der Waals surface area contributed by atoms with Crippen LogP contribution in [0.5, 0.6) is 0 Å². The van der Waals surface area contributed by atoms with Gasteiger partial charge in [-0.3, -0.25) is 19.1 Å². The van der Waals surface area contributed by atoms with E-state index in [0.717, 1.165) is 69.0 Å². The molecule has 3 amide bonds. The summed E-state index contributed by atoms with van der Waals surface area (Å²) in [5.41, 5.74) is 2.42. The molecule has 174 valence electrons. The van der Waals surface area contributed by atoms with Crippen molar-refractivity contribution in [3.8, 4) is 0 Å². The number of piperidine rings is 1. The maximum atomic E-state index is 13.5. The van der Waals surface area contributed by atoms with E-state index in [4.69, 9.17) is 0 Å². The summed E-state index contributed by atoms with van der Waals surface area (Å²) in [4.78, 5) is 42.9. The highest BCUT2D eigenvalue weighted by molar-refractivity contribution is 5.95. The third kappa shape index (κ3) is 4.28. The molecular formula is C24H35N5O3. The molecule has 1 N–H and O–H groups in total. The Kier molecular flexibility index (Phi) is 5.95. The molecule has 4 aliphatic rings. The van der Waals surface area contributed by atoms with Crippen molar-refractivity contribution < 1.29 is 14.4 Å². The average Bonchev–Trinajstić information content (AvgIpc) is 3.59. The van der Waals surface area contributed by atoms with Crippen LogP contribution in [0.25, 0.3) is 0 Å². The topological polar surface area (TPSA) is 87.5 Å². The highest BCUT2D eigenvalue weighted by atomic mass is 16.2. The first-order valence-electron chi connectivity index (χ1n) is 12.4. The Morgan fingerprint density at radius 1 is 0.906 bits per heavy atom. The van der Waals surface area contributed by atoms with Crippen LogP contribution in [0.1, 0.15) is 79.5 Å². The van der Waals surface area contributed by atoms with Gasteiger partial charge in [-0.2, -0.15) is 5.10 Å². The van der Waals surface area contributed by atoms with E-state index in [-0.39, 0.29) is 29.6 Å². The van der Waals surface area contributed by atoms with Crippen LogP contribution < -0.4 is 5.32 Å². The Morgan fingerprint density at radius 3 is 2.41 bits per heavy atom. The predicted molar refractivity (Wildman–Crippen MR) is 119 cm³/mol. The number of rotatable bonds is 4. The fraction of sp³-hybridized carbons (Fsp3) is 0.750. The summed E-state index contributed by atoms with van der Waals surface area (Å²) in [5, 5.41) is 7.67. The number of hydrogen-bond acceptors (Lipinski definition) is 4. The van der Waals surface area contributed by atoms with Crippen LogP contribution >= 0.6 is 0 Å². The highest BCUT2D eigenvalue weighted by Gasteiger charge is 2.36. The average molecular weight is 442 g/mol. The van der Waals surface area contributed by atoms with Crippen LogP contribution in [0, 0.1) is 11.8 Å². The SMILES string of the molecule is Cn1nc(C(=O)N2CCCC(C(=O)NC3CC3)C2)c2c1CCN(C(=O)C1CCCCC1)C2. The van der Waals surface area contributed by atoms with Gasteiger partial charge in [0.25, 0.3) is 5.91 Å². The van der Waals surface area contributed by atoms with Gasteiger partial charge < -0.3 is 15.1 Å². The minimum Gasteiger partial charge on any atom is -0.353 e. The van der Waals surface area contributed by atoms with Gasteiger partial charge in [0.05, 0.1) is 5.92 Å². The summed E-state index contributed by atoms with van der Waals surface area (Å²) >= 11 is 0. The molecule has 0 spiro atoms. The number of nitrogens with zero attached hydrogens (tertiary/aromatic N) is 4. The van der Waals surface area contributed by atoms with Crippen LogP contribution in [0.3, 0.4) is 0 Å². The molecule has 1 unspecified atom stereocenters. The van der Waals surface area contributed by atoms with E-state index in [1.165, 1.54) is 6.42 Å². The van der Waals surface area contributed by atoms with Gasteiger partial charge in [0, 0.05) is 62.9 Å². The summed E-state index contributed by atoms with van der Waals surface area (Å²) in [6.07, 6.45) is 9.99. The van der Waals surface area contributed by atoms with Gasteiger partial charge in [0.15, 0.2) is 5.69 Å². The molecule has 1 saturated heterocycles. The molecular weight excluding hydrogens is 406 g/mol. The van der Waals surface area contributed by atoms with Crippen molar-refractivity contribution >= 4 is 17.7 Å². The molecule has 8 heteroatoms. The van der Waals surface area contributed by atoms with E-state index in [1.807, 2.05) is 16.6 Å². The van der Waals surface area contributed by atoms with Crippen molar-refractivity contribution in [3.63, 3.8) is 0 Å². The molecule has 3 fully saturated rings. The Bertz CT molecular complexity index is 900. The number of carbonyl (C=O) groups is 3. The Balaban J connectivity index is 1.30. The summed E-state index contributed by atoms with van der Waals surface area (Å²) in [5.74, 6) is 0.216. The van der Waals surface area contributed by atoms with Crippen LogP contribution in [0.2, 0.25) is 0 Å². The normalized spacial score (nSPS) is 24.2. The van der Waals surface area contributed by atoms with Crippen LogP contribution in [-0.2, 0) is 29.6 Å². The third-order valence-corrected chi connectivity index (χ3v) is 7.71. The van der Waals surface area contributed by atoms with Crippen molar-refractivity contribution in [3.05, 3.63) is 17.0 Å². The Hall–Kier alpha value is -2.38. The number of amides is 3. The van der Waals surface area contributed by atoms with E-state index < -0.39 is 0 Å². The molecule has 2 aliphatic heterocycles. The van der Waals surface area contributed by atoms with Gasteiger partial charge in [-0.05, 0) is 38.5 Å². The number of hydrogen-bond donors (Lipinski definition) is 1. The number of likely N-dealkylation sites (tertiary alicyclic amines) is 1. The lowest BCUT2D eigenvalue weighted by atomic mass is 9.87. The third-order valence-electron chi connectivity index (χ3n) is 7.71. The zero-order chi connectivity index (χ0) is 22.2. The molecule has 32 heavy (non-hydrogen) atoms. The lowest BCUT2D eigenvalue weighted by molar-refractivity contribution is -0.137. The second-order valence-electron chi connectivity index (χ2n) is 10.1. The lowest BCUT2D eigenvalue weighted by Crippen LogP contribution is -2.46. The zero-order valence-corrected chi connectivity index (χ0v) is 19.1. The molecule has 2 saturated carbocycles. The fourth-order valence-corrected chi connectivity index (χ4v) is 5.63. The molecule has 2 aliphatic carbocycles. The predicted octanol–water partition coefficient (Wildman–Crippen LogP) is 2.02. The van der Waals surface area contributed by atoms with E-state index in [2.05, 4.69) is 10.4 Å². The molecule has 5 rings (SSSR count). The summed E-state index contributed by atoms with van der Waals surface area (Å²) in [7, 11) is 1.89. The van der Waals surface area contributed by atoms with E-state index in [0.29, 0.717) is 37.9 Å². The zero-order valence-electron chi connectivity index (χ0n) is 19.1. The lowest BCUT2D eigenvalue weighted by Gasteiger charge is -2.33. The largest absolute Gasteiger partial charge is 0.353 e. The highest BCUT2D eigenvalue weighted by Crippen LogP contribution is 2.30. The Morgan fingerprint density at radius 2 is 1.66 bits per heavy atom. The second-order valence-corrected chi connectivity index (χ2v) is 10.1. The van der Waals surface area contributed by atoms with E-state index >= 15 is 0 Å². The van der Waals surface area contributed by atoms with E-state index in [1.54, 1.807) is 4.90 Å². The van der Waals surface area contributed by atoms with E-state index in [9.17, 15) is 14.4 Å². The quantitative estimate of drug-likeness (QED) is 0.774. The molecule has 8 nitrogen and oxygen atoms in total. The first kappa shape index (κ1) is 21.5. The van der Waals surface area contributed by atoms with Crippen molar-refractivity contribution in [2.24, 2.45) is 18.9 Å². The smallest absolute Gasteiger partial charge is 0.274 e. The molecule has 3 heterocycles. The summed E-state index contributed by atoms with van der Waals surface area (Å²) in [6, 6.07) is 0.337. The number of carbonyl (C=O) groups excluding carboxylic acids is 3. The molecule has 1 aromatic rings.